The van der Waals surface area contributed by atoms with Crippen molar-refractivity contribution < 1.29 is 10.0 Å². The van der Waals surface area contributed by atoms with E-state index in [0.717, 1.165) is 0 Å². The summed E-state index contributed by atoms with van der Waals surface area (Å²) in [5, 5.41) is 24.2. The summed E-state index contributed by atoms with van der Waals surface area (Å²) in [7, 11) is 0. The Hall–Kier alpha value is -1.17. The highest BCUT2D eigenvalue weighted by Gasteiger charge is 2.22. The van der Waals surface area contributed by atoms with Crippen molar-refractivity contribution in [2.75, 3.05) is 6.54 Å². The summed E-state index contributed by atoms with van der Waals surface area (Å²) in [6.45, 7) is 6.46. The number of benzene rings is 1. The monoisotopic (exact) mass is 286 g/mol. The first-order valence-electron chi connectivity index (χ1n) is 6.03. The van der Waals surface area contributed by atoms with Gasteiger partial charge in [-0.2, -0.15) is 0 Å². The Morgan fingerprint density at radius 1 is 1.47 bits per heavy atom. The zero-order valence-corrected chi connectivity index (χ0v) is 12.1. The van der Waals surface area contributed by atoms with Gasteiger partial charge in [0.25, 0.3) is 5.69 Å². The lowest BCUT2D eigenvalue weighted by Gasteiger charge is -2.26. The number of nitro groups is 1. The summed E-state index contributed by atoms with van der Waals surface area (Å²) >= 11 is 5.84. The number of nitrogens with one attached hydrogen (secondary N) is 1. The average Bonchev–Trinajstić information content (AvgIpc) is 2.27. The molecule has 1 rings (SSSR count). The predicted molar refractivity (Wildman–Crippen MR) is 75.3 cm³/mol. The highest BCUT2D eigenvalue weighted by atomic mass is 35.5. The molecule has 0 saturated carbocycles. The maximum atomic E-state index is 10.9. The van der Waals surface area contributed by atoms with E-state index in [9.17, 15) is 15.2 Å². The highest BCUT2D eigenvalue weighted by molar-refractivity contribution is 6.30. The second-order valence-electron chi connectivity index (χ2n) is 5.54. The van der Waals surface area contributed by atoms with Gasteiger partial charge in [-0.3, -0.25) is 10.1 Å². The fourth-order valence-corrected chi connectivity index (χ4v) is 1.72. The van der Waals surface area contributed by atoms with Gasteiger partial charge in [0.1, 0.15) is 0 Å². The zero-order chi connectivity index (χ0) is 14.6. The van der Waals surface area contributed by atoms with Crippen molar-refractivity contribution >= 4 is 17.3 Å². The van der Waals surface area contributed by atoms with Crippen molar-refractivity contribution in [3.8, 4) is 0 Å². The summed E-state index contributed by atoms with van der Waals surface area (Å²) in [6, 6.07) is 4.45. The average molecular weight is 287 g/mol. The van der Waals surface area contributed by atoms with Crippen LogP contribution in [0.3, 0.4) is 0 Å². The summed E-state index contributed by atoms with van der Waals surface area (Å²) in [6.07, 6.45) is -0.522. The molecular weight excluding hydrogens is 268 g/mol. The summed E-state index contributed by atoms with van der Waals surface area (Å²) < 4.78 is 0. The number of nitro benzene ring substituents is 1. The molecule has 6 heteroatoms. The Morgan fingerprint density at radius 2 is 2.11 bits per heavy atom. The van der Waals surface area contributed by atoms with Crippen molar-refractivity contribution in [1.29, 1.82) is 0 Å². The van der Waals surface area contributed by atoms with Crippen molar-refractivity contribution in [1.82, 2.24) is 5.32 Å². The molecule has 19 heavy (non-hydrogen) atoms. The zero-order valence-electron chi connectivity index (χ0n) is 11.3. The Balaban J connectivity index is 2.68. The molecule has 0 saturated heterocycles. The standard InChI is InChI=1S/C13H19ClN2O3/c1-13(2,3)12(17)8-15-7-9-6-10(14)4-5-11(9)16(18)19/h4-6,12,15,17H,7-8H2,1-3H3. The van der Waals surface area contributed by atoms with Crippen LogP contribution in [0.1, 0.15) is 26.3 Å². The molecular formula is C13H19ClN2O3. The van der Waals surface area contributed by atoms with Gasteiger partial charge in [0, 0.05) is 29.7 Å². The molecule has 0 bridgehead atoms. The van der Waals surface area contributed by atoms with E-state index in [1.165, 1.54) is 12.1 Å². The van der Waals surface area contributed by atoms with Crippen molar-refractivity contribution in [2.45, 2.75) is 33.4 Å². The molecule has 1 aromatic rings. The first-order chi connectivity index (χ1) is 8.71. The molecule has 0 aliphatic heterocycles. The normalized spacial score (nSPS) is 13.3. The molecule has 0 heterocycles. The molecule has 0 aliphatic rings. The van der Waals surface area contributed by atoms with Crippen LogP contribution in [0, 0.1) is 15.5 Å². The van der Waals surface area contributed by atoms with Gasteiger partial charge in [0.15, 0.2) is 0 Å². The van der Waals surface area contributed by atoms with E-state index in [1.54, 1.807) is 6.07 Å². The Morgan fingerprint density at radius 3 is 2.63 bits per heavy atom. The lowest BCUT2D eigenvalue weighted by atomic mass is 9.89. The quantitative estimate of drug-likeness (QED) is 0.645. The SMILES string of the molecule is CC(C)(C)C(O)CNCc1cc(Cl)ccc1[N+](=O)[O-]. The summed E-state index contributed by atoms with van der Waals surface area (Å²) in [4.78, 5) is 10.4. The lowest BCUT2D eigenvalue weighted by Crippen LogP contribution is -2.36. The van der Waals surface area contributed by atoms with Crippen LogP contribution in [0.15, 0.2) is 18.2 Å². The van der Waals surface area contributed by atoms with Gasteiger partial charge in [0.05, 0.1) is 11.0 Å². The largest absolute Gasteiger partial charge is 0.391 e. The van der Waals surface area contributed by atoms with E-state index in [-0.39, 0.29) is 11.1 Å². The molecule has 0 spiro atoms. The van der Waals surface area contributed by atoms with Crippen LogP contribution in [0.5, 0.6) is 0 Å². The first kappa shape index (κ1) is 15.9. The minimum Gasteiger partial charge on any atom is -0.391 e. The van der Waals surface area contributed by atoms with Crippen LogP contribution in [-0.2, 0) is 6.54 Å². The number of hydrogen-bond donors (Lipinski definition) is 2. The van der Waals surface area contributed by atoms with Crippen LogP contribution in [0.2, 0.25) is 5.02 Å². The number of aliphatic hydroxyl groups is 1. The third-order valence-electron chi connectivity index (χ3n) is 2.89. The van der Waals surface area contributed by atoms with Gasteiger partial charge >= 0.3 is 0 Å². The molecule has 5 nitrogen and oxygen atoms in total. The van der Waals surface area contributed by atoms with Gasteiger partial charge in [-0.1, -0.05) is 32.4 Å². The van der Waals surface area contributed by atoms with E-state index in [0.29, 0.717) is 23.7 Å². The molecule has 106 valence electrons. The van der Waals surface area contributed by atoms with E-state index in [4.69, 9.17) is 11.6 Å². The lowest BCUT2D eigenvalue weighted by molar-refractivity contribution is -0.385. The van der Waals surface area contributed by atoms with Crippen molar-refractivity contribution in [3.05, 3.63) is 38.9 Å². The number of halogens is 1. The molecule has 1 atom stereocenters. The Kier molecular flexibility index (Phi) is 5.29. The van der Waals surface area contributed by atoms with Crippen LogP contribution < -0.4 is 5.32 Å². The predicted octanol–water partition coefficient (Wildman–Crippen LogP) is 2.74. The smallest absolute Gasteiger partial charge is 0.273 e. The van der Waals surface area contributed by atoms with E-state index >= 15 is 0 Å². The molecule has 0 fully saturated rings. The fourth-order valence-electron chi connectivity index (χ4n) is 1.52. The molecule has 0 aromatic heterocycles. The number of hydrogen-bond acceptors (Lipinski definition) is 4. The Labute approximate surface area is 117 Å². The minimum atomic E-state index is -0.522. The van der Waals surface area contributed by atoms with Crippen molar-refractivity contribution in [3.63, 3.8) is 0 Å². The second kappa shape index (κ2) is 6.32. The van der Waals surface area contributed by atoms with Crippen LogP contribution >= 0.6 is 11.6 Å². The highest BCUT2D eigenvalue weighted by Crippen LogP contribution is 2.23. The number of nitrogens with zero attached hydrogens (tertiary/aromatic N) is 1. The van der Waals surface area contributed by atoms with Gasteiger partial charge in [-0.05, 0) is 17.5 Å². The third-order valence-corrected chi connectivity index (χ3v) is 3.13. The maximum Gasteiger partial charge on any atom is 0.273 e. The molecule has 0 amide bonds. The summed E-state index contributed by atoms with van der Waals surface area (Å²) in [5.74, 6) is 0. The second-order valence-corrected chi connectivity index (χ2v) is 5.98. The van der Waals surface area contributed by atoms with Crippen LogP contribution in [-0.4, -0.2) is 22.7 Å². The van der Waals surface area contributed by atoms with Crippen LogP contribution in [0.25, 0.3) is 0 Å². The van der Waals surface area contributed by atoms with E-state index in [2.05, 4.69) is 5.32 Å². The molecule has 0 aliphatic carbocycles. The van der Waals surface area contributed by atoms with Gasteiger partial charge in [-0.25, -0.2) is 0 Å². The molecule has 2 N–H and O–H groups in total. The fraction of sp³-hybridized carbons (Fsp3) is 0.538. The maximum absolute atomic E-state index is 10.9. The van der Waals surface area contributed by atoms with Gasteiger partial charge in [0.2, 0.25) is 0 Å². The van der Waals surface area contributed by atoms with Gasteiger partial charge in [-0.15, -0.1) is 0 Å². The molecule has 0 radical (unpaired) electrons. The Bertz CT molecular complexity index is 458. The number of aliphatic hydroxyl groups excluding tert-OH is 1. The van der Waals surface area contributed by atoms with Gasteiger partial charge < -0.3 is 10.4 Å². The van der Waals surface area contributed by atoms with E-state index < -0.39 is 11.0 Å². The summed E-state index contributed by atoms with van der Waals surface area (Å²) in [5.41, 5.74) is 0.313. The van der Waals surface area contributed by atoms with Crippen LogP contribution in [0.4, 0.5) is 5.69 Å². The van der Waals surface area contributed by atoms with E-state index in [1.807, 2.05) is 20.8 Å². The van der Waals surface area contributed by atoms with Crippen molar-refractivity contribution in [2.24, 2.45) is 5.41 Å². The number of rotatable bonds is 5. The topological polar surface area (TPSA) is 75.4 Å². The molecule has 1 unspecified atom stereocenters. The minimum absolute atomic E-state index is 0.0298. The first-order valence-corrected chi connectivity index (χ1v) is 6.41. The molecule has 1 aromatic carbocycles. The third kappa shape index (κ3) is 4.78.